The molecule has 1 N–H and O–H groups in total. The van der Waals surface area contributed by atoms with Crippen LogP contribution in [-0.2, 0) is 16.1 Å². The maximum absolute atomic E-state index is 13.4. The first-order valence-corrected chi connectivity index (χ1v) is 11.7. The van der Waals surface area contributed by atoms with Crippen molar-refractivity contribution in [2.75, 3.05) is 12.4 Å². The number of carbonyl (C=O) groups excluding carboxylic acids is 2. The van der Waals surface area contributed by atoms with Gasteiger partial charge in [-0.05, 0) is 54.1 Å². The van der Waals surface area contributed by atoms with Crippen molar-refractivity contribution in [3.63, 3.8) is 0 Å². The fourth-order valence-electron chi connectivity index (χ4n) is 3.31. The van der Waals surface area contributed by atoms with Gasteiger partial charge in [0.25, 0.3) is 0 Å². The Hall–Kier alpha value is -3.36. The fraction of sp³-hybridized carbons (Fsp3) is 0.160. The predicted octanol–water partition coefficient (Wildman–Crippen LogP) is 5.65. The summed E-state index contributed by atoms with van der Waals surface area (Å²) < 4.78 is 18.6. The summed E-state index contributed by atoms with van der Waals surface area (Å²) in [4.78, 5) is 32.2. The molecule has 0 unspecified atom stereocenters. The standard InChI is InChI=1S/C25H21ClFN3O3S/c1-33-19-12-6-16(7-13-19)15-30-23(31)14-22(24(32)29-21-5-3-2-4-20(21)26)34-25(30)28-18-10-8-17(27)9-11-18/h2-13,22H,14-15H2,1H3,(H,29,32)/t22-/m0/s1. The number of methoxy groups -OCH3 is 1. The van der Waals surface area contributed by atoms with E-state index >= 15 is 0 Å². The molecule has 1 aliphatic heterocycles. The van der Waals surface area contributed by atoms with Crippen molar-refractivity contribution in [2.45, 2.75) is 18.2 Å². The summed E-state index contributed by atoms with van der Waals surface area (Å²) in [5.74, 6) is -0.264. The minimum Gasteiger partial charge on any atom is -0.497 e. The molecule has 3 aromatic rings. The molecule has 0 saturated carbocycles. The van der Waals surface area contributed by atoms with Gasteiger partial charge in [0, 0.05) is 6.42 Å². The van der Waals surface area contributed by atoms with E-state index in [4.69, 9.17) is 16.3 Å². The Morgan fingerprint density at radius 1 is 1.15 bits per heavy atom. The number of aliphatic imine (C=N–C) groups is 1. The summed E-state index contributed by atoms with van der Waals surface area (Å²) in [6.45, 7) is 0.273. The summed E-state index contributed by atoms with van der Waals surface area (Å²) in [5.41, 5.74) is 1.82. The van der Waals surface area contributed by atoms with Crippen molar-refractivity contribution in [2.24, 2.45) is 4.99 Å². The number of benzene rings is 3. The van der Waals surface area contributed by atoms with Crippen LogP contribution in [0.5, 0.6) is 5.75 Å². The molecule has 1 saturated heterocycles. The first-order chi connectivity index (χ1) is 16.4. The Morgan fingerprint density at radius 3 is 2.53 bits per heavy atom. The molecule has 6 nitrogen and oxygen atoms in total. The Bertz CT molecular complexity index is 1220. The van der Waals surface area contributed by atoms with Crippen molar-refractivity contribution in [3.05, 3.63) is 89.2 Å². The molecule has 9 heteroatoms. The molecule has 1 atom stereocenters. The average Bonchev–Trinajstić information content (AvgIpc) is 2.84. The van der Waals surface area contributed by atoms with E-state index in [1.54, 1.807) is 31.4 Å². The van der Waals surface area contributed by atoms with Crippen molar-refractivity contribution in [1.82, 2.24) is 4.90 Å². The third-order valence-electron chi connectivity index (χ3n) is 5.11. The molecule has 34 heavy (non-hydrogen) atoms. The topological polar surface area (TPSA) is 71.0 Å². The number of rotatable bonds is 6. The van der Waals surface area contributed by atoms with E-state index < -0.39 is 5.25 Å². The second kappa shape index (κ2) is 10.7. The number of hydrogen-bond donors (Lipinski definition) is 1. The van der Waals surface area contributed by atoms with Gasteiger partial charge in [-0.15, -0.1) is 0 Å². The van der Waals surface area contributed by atoms with E-state index in [0.29, 0.717) is 27.3 Å². The van der Waals surface area contributed by atoms with Gasteiger partial charge in [-0.25, -0.2) is 9.38 Å². The maximum Gasteiger partial charge on any atom is 0.238 e. The molecular weight excluding hydrogens is 477 g/mol. The minimum absolute atomic E-state index is 0.000451. The van der Waals surface area contributed by atoms with Gasteiger partial charge in [0.15, 0.2) is 5.17 Å². The molecule has 1 fully saturated rings. The molecule has 0 aromatic heterocycles. The zero-order valence-corrected chi connectivity index (χ0v) is 19.8. The van der Waals surface area contributed by atoms with Gasteiger partial charge in [0.1, 0.15) is 16.8 Å². The van der Waals surface area contributed by atoms with Gasteiger partial charge in [-0.1, -0.05) is 47.6 Å². The number of nitrogens with one attached hydrogen (secondary N) is 1. The highest BCUT2D eigenvalue weighted by atomic mass is 35.5. The van der Waals surface area contributed by atoms with Gasteiger partial charge in [-0.3, -0.25) is 14.5 Å². The average molecular weight is 498 g/mol. The number of carbonyl (C=O) groups is 2. The van der Waals surface area contributed by atoms with Crippen LogP contribution in [-0.4, -0.2) is 34.2 Å². The molecule has 0 radical (unpaired) electrons. The quantitative estimate of drug-likeness (QED) is 0.478. The zero-order valence-electron chi connectivity index (χ0n) is 18.2. The predicted molar refractivity (Wildman–Crippen MR) is 133 cm³/mol. The van der Waals surface area contributed by atoms with E-state index in [2.05, 4.69) is 10.3 Å². The second-order valence-corrected chi connectivity index (χ2v) is 9.06. The molecule has 0 aliphatic carbocycles. The number of amides is 2. The number of nitrogens with zero attached hydrogens (tertiary/aromatic N) is 2. The highest BCUT2D eigenvalue weighted by Gasteiger charge is 2.36. The largest absolute Gasteiger partial charge is 0.497 e. The van der Waals surface area contributed by atoms with Gasteiger partial charge in [-0.2, -0.15) is 0 Å². The summed E-state index contributed by atoms with van der Waals surface area (Å²) in [5, 5.41) is 2.86. The van der Waals surface area contributed by atoms with Crippen LogP contribution in [0, 0.1) is 5.82 Å². The number of hydrogen-bond acceptors (Lipinski definition) is 5. The second-order valence-electron chi connectivity index (χ2n) is 7.48. The van der Waals surface area contributed by atoms with E-state index in [-0.39, 0.29) is 30.6 Å². The monoisotopic (exact) mass is 497 g/mol. The third-order valence-corrected chi connectivity index (χ3v) is 6.63. The van der Waals surface area contributed by atoms with Crippen molar-refractivity contribution >= 4 is 51.7 Å². The highest BCUT2D eigenvalue weighted by Crippen LogP contribution is 2.32. The number of halogens is 2. The molecule has 174 valence electrons. The van der Waals surface area contributed by atoms with Crippen molar-refractivity contribution in [1.29, 1.82) is 0 Å². The number of anilines is 1. The Balaban J connectivity index is 1.60. The lowest BCUT2D eigenvalue weighted by molar-refractivity contribution is -0.129. The lowest BCUT2D eigenvalue weighted by Crippen LogP contribution is -2.44. The van der Waals surface area contributed by atoms with E-state index in [1.165, 1.54) is 40.9 Å². The number of para-hydroxylation sites is 1. The zero-order chi connectivity index (χ0) is 24.1. The Morgan fingerprint density at radius 2 is 1.85 bits per heavy atom. The van der Waals surface area contributed by atoms with Gasteiger partial charge in [0.05, 0.1) is 30.1 Å². The molecular formula is C25H21ClFN3O3S. The molecule has 2 amide bonds. The van der Waals surface area contributed by atoms with Crippen LogP contribution in [0.15, 0.2) is 77.8 Å². The third kappa shape index (κ3) is 5.76. The Labute approximate surface area is 205 Å². The van der Waals surface area contributed by atoms with Crippen LogP contribution in [0.3, 0.4) is 0 Å². The smallest absolute Gasteiger partial charge is 0.238 e. The lowest BCUT2D eigenvalue weighted by atomic mass is 10.2. The van der Waals surface area contributed by atoms with Crippen LogP contribution in [0.2, 0.25) is 5.02 Å². The van der Waals surface area contributed by atoms with Crippen LogP contribution in [0.25, 0.3) is 0 Å². The van der Waals surface area contributed by atoms with E-state index in [9.17, 15) is 14.0 Å². The van der Waals surface area contributed by atoms with E-state index in [0.717, 1.165) is 5.56 Å². The minimum atomic E-state index is -0.699. The van der Waals surface area contributed by atoms with Crippen LogP contribution < -0.4 is 10.1 Å². The van der Waals surface area contributed by atoms with Crippen LogP contribution in [0.4, 0.5) is 15.8 Å². The van der Waals surface area contributed by atoms with E-state index in [1.807, 2.05) is 24.3 Å². The Kier molecular flexibility index (Phi) is 7.49. The normalized spacial score (nSPS) is 17.0. The SMILES string of the molecule is COc1ccc(CN2C(=O)C[C@@H](C(=O)Nc3ccccc3Cl)SC2=Nc2ccc(F)cc2)cc1. The number of ether oxygens (including phenoxy) is 1. The molecule has 1 heterocycles. The van der Waals surface area contributed by atoms with Crippen molar-refractivity contribution < 1.29 is 18.7 Å². The first kappa shape index (κ1) is 23.8. The number of amidine groups is 1. The molecule has 0 spiro atoms. The summed E-state index contributed by atoms with van der Waals surface area (Å²) >= 11 is 7.34. The molecule has 3 aromatic carbocycles. The summed E-state index contributed by atoms with van der Waals surface area (Å²) in [7, 11) is 1.58. The molecule has 4 rings (SSSR count). The molecule has 1 aliphatic rings. The first-order valence-electron chi connectivity index (χ1n) is 10.4. The van der Waals surface area contributed by atoms with Crippen LogP contribution >= 0.6 is 23.4 Å². The van der Waals surface area contributed by atoms with Gasteiger partial charge < -0.3 is 10.1 Å². The molecule has 0 bridgehead atoms. The number of thioether (sulfide) groups is 1. The van der Waals surface area contributed by atoms with Crippen LogP contribution in [0.1, 0.15) is 12.0 Å². The van der Waals surface area contributed by atoms with Crippen molar-refractivity contribution in [3.8, 4) is 5.75 Å². The summed E-state index contributed by atoms with van der Waals surface area (Å²) in [6.07, 6.45) is -0.000451. The summed E-state index contributed by atoms with van der Waals surface area (Å²) in [6, 6.07) is 19.9. The lowest BCUT2D eigenvalue weighted by Gasteiger charge is -2.32. The fourth-order valence-corrected chi connectivity index (χ4v) is 4.59. The van der Waals surface area contributed by atoms with Gasteiger partial charge in [0.2, 0.25) is 11.8 Å². The highest BCUT2D eigenvalue weighted by molar-refractivity contribution is 8.15. The van der Waals surface area contributed by atoms with Gasteiger partial charge >= 0.3 is 0 Å². The maximum atomic E-state index is 13.4.